The maximum absolute atomic E-state index is 6.08. The van der Waals surface area contributed by atoms with Crippen LogP contribution in [0, 0.1) is 5.92 Å². The number of hydrogen-bond acceptors (Lipinski definition) is 3. The molecule has 2 rings (SSSR count). The van der Waals surface area contributed by atoms with Gasteiger partial charge in [-0.05, 0) is 62.4 Å². The van der Waals surface area contributed by atoms with Crippen molar-refractivity contribution in [3.63, 3.8) is 0 Å². The van der Waals surface area contributed by atoms with Crippen LogP contribution in [-0.2, 0) is 0 Å². The Morgan fingerprint density at radius 2 is 1.85 bits per heavy atom. The van der Waals surface area contributed by atoms with E-state index in [1.165, 1.54) is 70.8 Å². The van der Waals surface area contributed by atoms with E-state index in [0.717, 1.165) is 24.6 Å². The van der Waals surface area contributed by atoms with Crippen molar-refractivity contribution in [2.24, 2.45) is 5.92 Å². The molecule has 0 bridgehead atoms. The minimum absolute atomic E-state index is 0.641. The Morgan fingerprint density at radius 1 is 1.11 bits per heavy atom. The lowest BCUT2D eigenvalue weighted by Gasteiger charge is -2.32. The van der Waals surface area contributed by atoms with Gasteiger partial charge in [-0.3, -0.25) is 4.90 Å². The molecule has 1 aliphatic rings. The highest BCUT2D eigenvalue weighted by Crippen LogP contribution is 2.28. The average Bonchev–Trinajstić information content (AvgIpc) is 2.92. The molecule has 0 aliphatic heterocycles. The van der Waals surface area contributed by atoms with Crippen LogP contribution in [-0.4, -0.2) is 30.6 Å². The fraction of sp³-hybridized carbons (Fsp3) is 0.667. The SMILES string of the molecule is C=CCN(CCCCCCC)C1CCCCC(COc2ccc(N)cc2)C1. The van der Waals surface area contributed by atoms with Crippen LogP contribution in [0.1, 0.15) is 71.1 Å². The molecule has 152 valence electrons. The molecule has 1 saturated carbocycles. The summed E-state index contributed by atoms with van der Waals surface area (Å²) in [5.41, 5.74) is 6.55. The van der Waals surface area contributed by atoms with Crippen LogP contribution in [0.2, 0.25) is 0 Å². The van der Waals surface area contributed by atoms with E-state index < -0.39 is 0 Å². The van der Waals surface area contributed by atoms with Gasteiger partial charge in [-0.15, -0.1) is 6.58 Å². The van der Waals surface area contributed by atoms with Gasteiger partial charge in [-0.2, -0.15) is 0 Å². The molecule has 1 aromatic carbocycles. The molecule has 2 atom stereocenters. The predicted molar refractivity (Wildman–Crippen MR) is 117 cm³/mol. The topological polar surface area (TPSA) is 38.5 Å². The zero-order valence-electron chi connectivity index (χ0n) is 17.4. The molecule has 0 aromatic heterocycles. The molecule has 0 radical (unpaired) electrons. The third kappa shape index (κ3) is 8.38. The van der Waals surface area contributed by atoms with Gasteiger partial charge in [0.25, 0.3) is 0 Å². The van der Waals surface area contributed by atoms with Crippen LogP contribution in [0.4, 0.5) is 5.69 Å². The van der Waals surface area contributed by atoms with E-state index in [2.05, 4.69) is 24.5 Å². The maximum atomic E-state index is 6.08. The Bertz CT molecular complexity index is 514. The molecule has 1 aliphatic carbocycles. The summed E-state index contributed by atoms with van der Waals surface area (Å²) in [5, 5.41) is 0. The second kappa shape index (κ2) is 12.8. The first-order valence-electron chi connectivity index (χ1n) is 11.1. The van der Waals surface area contributed by atoms with E-state index in [-0.39, 0.29) is 0 Å². The molecule has 2 N–H and O–H groups in total. The summed E-state index contributed by atoms with van der Waals surface area (Å²) < 4.78 is 6.08. The summed E-state index contributed by atoms with van der Waals surface area (Å²) in [6.45, 7) is 9.33. The number of unbranched alkanes of at least 4 members (excludes halogenated alkanes) is 4. The van der Waals surface area contributed by atoms with Crippen molar-refractivity contribution < 1.29 is 4.74 Å². The molecule has 0 heterocycles. The molecule has 1 aromatic rings. The molecule has 0 saturated heterocycles. The third-order valence-electron chi connectivity index (χ3n) is 5.80. The highest BCUT2D eigenvalue weighted by atomic mass is 16.5. The lowest BCUT2D eigenvalue weighted by Crippen LogP contribution is -2.37. The lowest BCUT2D eigenvalue weighted by atomic mass is 9.97. The van der Waals surface area contributed by atoms with Crippen molar-refractivity contribution in [3.8, 4) is 5.75 Å². The van der Waals surface area contributed by atoms with Gasteiger partial charge in [0.05, 0.1) is 6.61 Å². The summed E-state index contributed by atoms with van der Waals surface area (Å²) in [6.07, 6.45) is 15.3. The van der Waals surface area contributed by atoms with Gasteiger partial charge in [-0.25, -0.2) is 0 Å². The largest absolute Gasteiger partial charge is 0.493 e. The summed E-state index contributed by atoms with van der Waals surface area (Å²) in [4.78, 5) is 2.68. The molecule has 0 amide bonds. The van der Waals surface area contributed by atoms with E-state index in [4.69, 9.17) is 10.5 Å². The van der Waals surface area contributed by atoms with Crippen molar-refractivity contribution >= 4 is 5.69 Å². The van der Waals surface area contributed by atoms with E-state index in [0.29, 0.717) is 12.0 Å². The van der Waals surface area contributed by atoms with Crippen LogP contribution < -0.4 is 10.5 Å². The second-order valence-electron chi connectivity index (χ2n) is 8.12. The summed E-state index contributed by atoms with van der Waals surface area (Å²) in [5.74, 6) is 1.58. The normalized spacial score (nSPS) is 20.4. The number of anilines is 1. The number of benzene rings is 1. The van der Waals surface area contributed by atoms with E-state index >= 15 is 0 Å². The van der Waals surface area contributed by atoms with E-state index in [9.17, 15) is 0 Å². The van der Waals surface area contributed by atoms with Gasteiger partial charge >= 0.3 is 0 Å². The first-order valence-corrected chi connectivity index (χ1v) is 11.1. The van der Waals surface area contributed by atoms with Crippen molar-refractivity contribution in [3.05, 3.63) is 36.9 Å². The van der Waals surface area contributed by atoms with Crippen LogP contribution in [0.3, 0.4) is 0 Å². The number of hydrogen-bond donors (Lipinski definition) is 1. The number of rotatable bonds is 12. The fourth-order valence-corrected chi connectivity index (χ4v) is 4.20. The highest BCUT2D eigenvalue weighted by molar-refractivity contribution is 5.41. The Balaban J connectivity index is 1.83. The molecular formula is C24H40N2O. The highest BCUT2D eigenvalue weighted by Gasteiger charge is 2.25. The van der Waals surface area contributed by atoms with E-state index in [1.54, 1.807) is 0 Å². The Kier molecular flexibility index (Phi) is 10.4. The summed E-state index contributed by atoms with van der Waals surface area (Å²) >= 11 is 0. The van der Waals surface area contributed by atoms with Crippen LogP contribution in [0.25, 0.3) is 0 Å². The molecule has 1 fully saturated rings. The third-order valence-corrected chi connectivity index (χ3v) is 5.80. The number of nitrogen functional groups attached to an aromatic ring is 1. The Morgan fingerprint density at radius 3 is 2.59 bits per heavy atom. The van der Waals surface area contributed by atoms with Gasteiger partial charge in [0.1, 0.15) is 5.75 Å². The number of nitrogens with zero attached hydrogens (tertiary/aromatic N) is 1. The van der Waals surface area contributed by atoms with Crippen LogP contribution >= 0.6 is 0 Å². The van der Waals surface area contributed by atoms with Crippen molar-refractivity contribution in [2.75, 3.05) is 25.4 Å². The summed E-state index contributed by atoms with van der Waals surface area (Å²) in [6, 6.07) is 8.45. The van der Waals surface area contributed by atoms with Gasteiger partial charge < -0.3 is 10.5 Å². The maximum Gasteiger partial charge on any atom is 0.119 e. The van der Waals surface area contributed by atoms with Crippen molar-refractivity contribution in [1.82, 2.24) is 4.90 Å². The zero-order chi connectivity index (χ0) is 19.3. The predicted octanol–water partition coefficient (Wildman–Crippen LogP) is 6.05. The number of ether oxygens (including phenoxy) is 1. The molecule has 27 heavy (non-hydrogen) atoms. The molecule has 3 heteroatoms. The van der Waals surface area contributed by atoms with Crippen molar-refractivity contribution in [2.45, 2.75) is 77.2 Å². The Labute approximate surface area is 167 Å². The molecule has 2 unspecified atom stereocenters. The minimum Gasteiger partial charge on any atom is -0.493 e. The van der Waals surface area contributed by atoms with Gasteiger partial charge in [0.2, 0.25) is 0 Å². The van der Waals surface area contributed by atoms with Crippen molar-refractivity contribution in [1.29, 1.82) is 0 Å². The second-order valence-corrected chi connectivity index (χ2v) is 8.12. The van der Waals surface area contributed by atoms with Crippen LogP contribution in [0.15, 0.2) is 36.9 Å². The van der Waals surface area contributed by atoms with Gasteiger partial charge in [-0.1, -0.05) is 51.5 Å². The monoisotopic (exact) mass is 372 g/mol. The minimum atomic E-state index is 0.641. The molecular weight excluding hydrogens is 332 g/mol. The fourth-order valence-electron chi connectivity index (χ4n) is 4.20. The number of nitrogens with two attached hydrogens (primary N) is 1. The van der Waals surface area contributed by atoms with Gasteiger partial charge in [0.15, 0.2) is 0 Å². The quantitative estimate of drug-likeness (QED) is 0.210. The molecule has 3 nitrogen and oxygen atoms in total. The van der Waals surface area contributed by atoms with E-state index in [1.807, 2.05) is 24.3 Å². The standard InChI is InChI=1S/C24H40N2O/c1-3-5-6-7-10-18-26(17-4-2)23-12-9-8-11-21(19-23)20-27-24-15-13-22(25)14-16-24/h4,13-16,21,23H,2-3,5-12,17-20,25H2,1H3. The smallest absolute Gasteiger partial charge is 0.119 e. The average molecular weight is 373 g/mol. The summed E-state index contributed by atoms with van der Waals surface area (Å²) in [7, 11) is 0. The van der Waals surface area contributed by atoms with Crippen LogP contribution in [0.5, 0.6) is 5.75 Å². The first kappa shape index (κ1) is 21.8. The lowest BCUT2D eigenvalue weighted by molar-refractivity contribution is 0.156. The first-order chi connectivity index (χ1) is 13.2. The molecule has 0 spiro atoms. The Hall–Kier alpha value is -1.48. The zero-order valence-corrected chi connectivity index (χ0v) is 17.4. The van der Waals surface area contributed by atoms with Gasteiger partial charge in [0, 0.05) is 18.3 Å².